The fourth-order valence-corrected chi connectivity index (χ4v) is 3.82. The van der Waals surface area contributed by atoms with Crippen molar-refractivity contribution in [2.24, 2.45) is 5.92 Å². The molecule has 8 heteroatoms. The molecule has 1 aromatic carbocycles. The first-order valence-electron chi connectivity index (χ1n) is 7.61. The van der Waals surface area contributed by atoms with Crippen LogP contribution < -0.4 is 5.32 Å². The average Bonchev–Trinajstić information content (AvgIpc) is 2.96. The first-order valence-corrected chi connectivity index (χ1v) is 9.46. The maximum Gasteiger partial charge on any atom is 0.287 e. The SMILES string of the molecule is CS(=O)(=O)N1CCC[C@H](CNC(=O)c2nc3ccccc3[nH]2)C1. The highest BCUT2D eigenvalue weighted by Gasteiger charge is 2.26. The maximum atomic E-state index is 12.2. The van der Waals surface area contributed by atoms with Crippen molar-refractivity contribution in [1.29, 1.82) is 0 Å². The van der Waals surface area contributed by atoms with E-state index in [2.05, 4.69) is 15.3 Å². The van der Waals surface area contributed by atoms with Gasteiger partial charge in [-0.15, -0.1) is 0 Å². The number of rotatable bonds is 4. The molecule has 1 saturated heterocycles. The van der Waals surface area contributed by atoms with E-state index in [1.165, 1.54) is 10.6 Å². The number of nitrogens with one attached hydrogen (secondary N) is 2. The molecule has 1 aromatic heterocycles. The zero-order valence-electron chi connectivity index (χ0n) is 12.9. The molecular formula is C15H20N4O3S. The molecule has 124 valence electrons. The summed E-state index contributed by atoms with van der Waals surface area (Å²) in [5.74, 6) is 0.145. The Morgan fingerprint density at radius 3 is 2.96 bits per heavy atom. The number of piperidine rings is 1. The Balaban J connectivity index is 1.60. The molecule has 1 fully saturated rings. The Hall–Kier alpha value is -1.93. The second-order valence-electron chi connectivity index (χ2n) is 5.94. The minimum absolute atomic E-state index is 0.131. The Morgan fingerprint density at radius 2 is 2.22 bits per heavy atom. The summed E-state index contributed by atoms with van der Waals surface area (Å²) in [6, 6.07) is 7.45. The van der Waals surface area contributed by atoms with Crippen LogP contribution in [0, 0.1) is 5.92 Å². The van der Waals surface area contributed by atoms with Gasteiger partial charge in [-0.2, -0.15) is 0 Å². The van der Waals surface area contributed by atoms with Crippen molar-refractivity contribution in [3.8, 4) is 0 Å². The molecular weight excluding hydrogens is 316 g/mol. The monoisotopic (exact) mass is 336 g/mol. The van der Waals surface area contributed by atoms with Gasteiger partial charge in [-0.05, 0) is 30.9 Å². The highest BCUT2D eigenvalue weighted by Crippen LogP contribution is 2.18. The van der Waals surface area contributed by atoms with E-state index in [1.807, 2.05) is 24.3 Å². The van der Waals surface area contributed by atoms with E-state index in [1.54, 1.807) is 0 Å². The van der Waals surface area contributed by atoms with Gasteiger partial charge in [0.05, 0.1) is 17.3 Å². The number of amides is 1. The number of carbonyl (C=O) groups excluding carboxylic acids is 1. The number of hydrogen-bond donors (Lipinski definition) is 2. The van der Waals surface area contributed by atoms with E-state index in [9.17, 15) is 13.2 Å². The highest BCUT2D eigenvalue weighted by molar-refractivity contribution is 7.88. The predicted octanol–water partition coefficient (Wildman–Crippen LogP) is 0.964. The first kappa shape index (κ1) is 15.9. The molecule has 0 unspecified atom stereocenters. The van der Waals surface area contributed by atoms with Gasteiger partial charge in [0, 0.05) is 19.6 Å². The number of hydrogen-bond acceptors (Lipinski definition) is 4. The Kier molecular flexibility index (Phi) is 4.36. The predicted molar refractivity (Wildman–Crippen MR) is 87.6 cm³/mol. The summed E-state index contributed by atoms with van der Waals surface area (Å²) in [4.78, 5) is 19.4. The van der Waals surface area contributed by atoms with Crippen LogP contribution in [0.25, 0.3) is 11.0 Å². The van der Waals surface area contributed by atoms with Gasteiger partial charge in [0.2, 0.25) is 10.0 Å². The number of nitrogens with zero attached hydrogens (tertiary/aromatic N) is 2. The van der Waals surface area contributed by atoms with Crippen LogP contribution in [0.15, 0.2) is 24.3 Å². The van der Waals surface area contributed by atoms with E-state index in [-0.39, 0.29) is 17.6 Å². The van der Waals surface area contributed by atoms with Crippen molar-refractivity contribution in [2.45, 2.75) is 12.8 Å². The summed E-state index contributed by atoms with van der Waals surface area (Å²) in [6.45, 7) is 1.47. The Labute approximate surface area is 135 Å². The van der Waals surface area contributed by atoms with Gasteiger partial charge in [0.15, 0.2) is 5.82 Å². The number of carbonyl (C=O) groups is 1. The summed E-state index contributed by atoms with van der Waals surface area (Å²) in [5.41, 5.74) is 1.57. The lowest BCUT2D eigenvalue weighted by Crippen LogP contribution is -2.43. The van der Waals surface area contributed by atoms with E-state index in [0.717, 1.165) is 23.9 Å². The van der Waals surface area contributed by atoms with Gasteiger partial charge in [-0.1, -0.05) is 12.1 Å². The number of aromatic nitrogens is 2. The number of aromatic amines is 1. The van der Waals surface area contributed by atoms with Gasteiger partial charge >= 0.3 is 0 Å². The van der Waals surface area contributed by atoms with Crippen LogP contribution in [0.3, 0.4) is 0 Å². The van der Waals surface area contributed by atoms with Crippen LogP contribution in [-0.4, -0.2) is 54.5 Å². The van der Waals surface area contributed by atoms with Crippen LogP contribution >= 0.6 is 0 Å². The van der Waals surface area contributed by atoms with Crippen molar-refractivity contribution in [3.63, 3.8) is 0 Å². The maximum absolute atomic E-state index is 12.2. The largest absolute Gasteiger partial charge is 0.349 e. The van der Waals surface area contributed by atoms with Crippen LogP contribution in [0.2, 0.25) is 0 Å². The fraction of sp³-hybridized carbons (Fsp3) is 0.467. The van der Waals surface area contributed by atoms with Gasteiger partial charge in [-0.25, -0.2) is 17.7 Å². The smallest absolute Gasteiger partial charge is 0.287 e. The number of H-pyrrole nitrogens is 1. The lowest BCUT2D eigenvalue weighted by molar-refractivity contribution is 0.0932. The Bertz CT molecular complexity index is 782. The summed E-state index contributed by atoms with van der Waals surface area (Å²) in [6.07, 6.45) is 2.95. The molecule has 1 atom stereocenters. The normalized spacial score (nSPS) is 19.8. The lowest BCUT2D eigenvalue weighted by atomic mass is 10.00. The third-order valence-corrected chi connectivity index (χ3v) is 5.38. The van der Waals surface area contributed by atoms with Gasteiger partial charge in [-0.3, -0.25) is 4.79 Å². The molecule has 2 aromatic rings. The van der Waals surface area contributed by atoms with Crippen molar-refractivity contribution < 1.29 is 13.2 Å². The summed E-state index contributed by atoms with van der Waals surface area (Å²) >= 11 is 0. The third-order valence-electron chi connectivity index (χ3n) is 4.11. The van der Waals surface area contributed by atoms with E-state index >= 15 is 0 Å². The number of benzene rings is 1. The molecule has 2 N–H and O–H groups in total. The molecule has 0 radical (unpaired) electrons. The summed E-state index contributed by atoms with van der Waals surface area (Å²) in [5, 5.41) is 2.85. The van der Waals surface area contributed by atoms with E-state index in [0.29, 0.717) is 19.6 Å². The molecule has 0 aliphatic carbocycles. The minimum atomic E-state index is -3.16. The standard InChI is InChI=1S/C15H20N4O3S/c1-23(21,22)19-8-4-5-11(10-19)9-16-15(20)14-17-12-6-2-3-7-13(12)18-14/h2-3,6-7,11H,4-5,8-10H2,1H3,(H,16,20)(H,17,18)/t11-/m1/s1. The molecule has 23 heavy (non-hydrogen) atoms. The third kappa shape index (κ3) is 3.70. The van der Waals surface area contributed by atoms with Crippen LogP contribution in [0.1, 0.15) is 23.5 Å². The summed E-state index contributed by atoms with van der Waals surface area (Å²) in [7, 11) is -3.16. The second-order valence-corrected chi connectivity index (χ2v) is 7.92. The fourth-order valence-electron chi connectivity index (χ4n) is 2.88. The molecule has 0 spiro atoms. The van der Waals surface area contributed by atoms with Gasteiger partial charge in [0.1, 0.15) is 0 Å². The minimum Gasteiger partial charge on any atom is -0.349 e. The van der Waals surface area contributed by atoms with Crippen molar-refractivity contribution in [2.75, 3.05) is 25.9 Å². The van der Waals surface area contributed by atoms with Gasteiger partial charge in [0.25, 0.3) is 5.91 Å². The second kappa shape index (κ2) is 6.29. The summed E-state index contributed by atoms with van der Waals surface area (Å²) < 4.78 is 24.7. The lowest BCUT2D eigenvalue weighted by Gasteiger charge is -2.30. The van der Waals surface area contributed by atoms with Crippen LogP contribution in [0.4, 0.5) is 0 Å². The van der Waals surface area contributed by atoms with Gasteiger partial charge < -0.3 is 10.3 Å². The van der Waals surface area contributed by atoms with E-state index < -0.39 is 10.0 Å². The molecule has 1 aliphatic heterocycles. The number of imidazole rings is 1. The number of fused-ring (bicyclic) bond motifs is 1. The molecule has 1 amide bonds. The zero-order chi connectivity index (χ0) is 16.4. The molecule has 2 heterocycles. The molecule has 3 rings (SSSR count). The van der Waals surface area contributed by atoms with E-state index in [4.69, 9.17) is 0 Å². The molecule has 0 bridgehead atoms. The quantitative estimate of drug-likeness (QED) is 0.869. The average molecular weight is 336 g/mol. The number of para-hydroxylation sites is 2. The topological polar surface area (TPSA) is 95.2 Å². The van der Waals surface area contributed by atoms with Crippen LogP contribution in [-0.2, 0) is 10.0 Å². The molecule has 7 nitrogen and oxygen atoms in total. The molecule has 0 saturated carbocycles. The number of sulfonamides is 1. The Morgan fingerprint density at radius 1 is 1.43 bits per heavy atom. The van der Waals surface area contributed by atoms with Crippen molar-refractivity contribution >= 4 is 27.0 Å². The first-order chi connectivity index (χ1) is 10.9. The highest BCUT2D eigenvalue weighted by atomic mass is 32.2. The zero-order valence-corrected chi connectivity index (χ0v) is 13.8. The van der Waals surface area contributed by atoms with Crippen LogP contribution in [0.5, 0.6) is 0 Å². The molecule has 1 aliphatic rings. The van der Waals surface area contributed by atoms with Crippen molar-refractivity contribution in [3.05, 3.63) is 30.1 Å². The van der Waals surface area contributed by atoms with Crippen molar-refractivity contribution in [1.82, 2.24) is 19.6 Å².